The molecule has 3 nitrogen and oxygen atoms in total. The minimum absolute atomic E-state index is 0.571. The third kappa shape index (κ3) is 3.24. The number of anilines is 1. The van der Waals surface area contributed by atoms with Crippen molar-refractivity contribution in [3.63, 3.8) is 0 Å². The van der Waals surface area contributed by atoms with Crippen LogP contribution in [0.1, 0.15) is 18.4 Å². The molecule has 1 aliphatic rings. The van der Waals surface area contributed by atoms with Crippen LogP contribution in [-0.2, 0) is 6.42 Å². The Balaban J connectivity index is 1.93. The monoisotopic (exact) mass is 391 g/mol. The zero-order valence-corrected chi connectivity index (χ0v) is 15.7. The van der Waals surface area contributed by atoms with Crippen molar-refractivity contribution in [3.05, 3.63) is 63.1 Å². The molecule has 1 aromatic heterocycles. The van der Waals surface area contributed by atoms with Gasteiger partial charge in [0.2, 0.25) is 0 Å². The zero-order valence-electron chi connectivity index (χ0n) is 13.4. The summed E-state index contributed by atoms with van der Waals surface area (Å²) in [5, 5.41) is 10.3. The molecule has 2 aromatic carbocycles. The van der Waals surface area contributed by atoms with Gasteiger partial charge in [0.05, 0.1) is 16.4 Å². The Hall–Kier alpha value is -1.68. The summed E-state index contributed by atoms with van der Waals surface area (Å²) >= 11 is 18.7. The van der Waals surface area contributed by atoms with E-state index in [1.165, 1.54) is 5.56 Å². The van der Waals surface area contributed by atoms with Gasteiger partial charge in [0, 0.05) is 27.7 Å². The Morgan fingerprint density at radius 3 is 2.60 bits per heavy atom. The first kappa shape index (κ1) is 16.8. The molecule has 3 aromatic rings. The fraction of sp³-hybridized carbons (Fsp3) is 0.211. The number of hydrogen-bond acceptors (Lipinski definition) is 2. The van der Waals surface area contributed by atoms with Crippen molar-refractivity contribution in [2.45, 2.75) is 19.3 Å². The van der Waals surface area contributed by atoms with Crippen molar-refractivity contribution in [2.24, 2.45) is 0 Å². The molecule has 0 aliphatic carbocycles. The molecule has 2 heterocycles. The summed E-state index contributed by atoms with van der Waals surface area (Å²) in [6.07, 6.45) is 3.21. The third-order valence-electron chi connectivity index (χ3n) is 4.37. The molecular formula is C19H16Cl3N3. The molecule has 6 heteroatoms. The van der Waals surface area contributed by atoms with Gasteiger partial charge in [-0.05, 0) is 49.6 Å². The molecular weight excluding hydrogens is 377 g/mol. The lowest BCUT2D eigenvalue weighted by atomic mass is 10.0. The molecule has 0 atom stereocenters. The first-order chi connectivity index (χ1) is 12.1. The SMILES string of the molecule is Clc1cccc(-c2nn(-c3ccc(Cl)cc3Cl)c3c2CCCCN3)c1. The van der Waals surface area contributed by atoms with Gasteiger partial charge in [-0.15, -0.1) is 0 Å². The average Bonchev–Trinajstić information content (AvgIpc) is 2.77. The lowest BCUT2D eigenvalue weighted by Gasteiger charge is -2.10. The van der Waals surface area contributed by atoms with Crippen LogP contribution < -0.4 is 5.32 Å². The van der Waals surface area contributed by atoms with Crippen molar-refractivity contribution in [2.75, 3.05) is 11.9 Å². The van der Waals surface area contributed by atoms with E-state index in [9.17, 15) is 0 Å². The summed E-state index contributed by atoms with van der Waals surface area (Å²) in [6.45, 7) is 0.916. The lowest BCUT2D eigenvalue weighted by Crippen LogP contribution is -2.07. The highest BCUT2D eigenvalue weighted by Crippen LogP contribution is 2.36. The van der Waals surface area contributed by atoms with Crippen LogP contribution in [0.25, 0.3) is 16.9 Å². The average molecular weight is 393 g/mol. The molecule has 25 heavy (non-hydrogen) atoms. The first-order valence-corrected chi connectivity index (χ1v) is 9.34. The van der Waals surface area contributed by atoms with Gasteiger partial charge >= 0.3 is 0 Å². The van der Waals surface area contributed by atoms with Gasteiger partial charge < -0.3 is 5.32 Å². The van der Waals surface area contributed by atoms with E-state index < -0.39 is 0 Å². The second kappa shape index (κ2) is 6.91. The summed E-state index contributed by atoms with van der Waals surface area (Å²) in [5.41, 5.74) is 3.96. The van der Waals surface area contributed by atoms with Crippen LogP contribution in [0.3, 0.4) is 0 Å². The number of nitrogens with zero attached hydrogens (tertiary/aromatic N) is 2. The Morgan fingerprint density at radius 1 is 0.960 bits per heavy atom. The number of halogens is 3. The van der Waals surface area contributed by atoms with E-state index in [1.807, 2.05) is 41.1 Å². The molecule has 0 saturated heterocycles. The van der Waals surface area contributed by atoms with Crippen molar-refractivity contribution in [3.8, 4) is 16.9 Å². The zero-order chi connectivity index (χ0) is 17.4. The number of nitrogens with one attached hydrogen (secondary N) is 1. The van der Waals surface area contributed by atoms with Crippen LogP contribution in [0.2, 0.25) is 15.1 Å². The highest BCUT2D eigenvalue weighted by Gasteiger charge is 2.22. The van der Waals surface area contributed by atoms with Crippen LogP contribution in [0.5, 0.6) is 0 Å². The van der Waals surface area contributed by atoms with Crippen LogP contribution in [0, 0.1) is 0 Å². The Labute approximate surface area is 161 Å². The summed E-state index contributed by atoms with van der Waals surface area (Å²) < 4.78 is 1.88. The summed E-state index contributed by atoms with van der Waals surface area (Å²) in [6, 6.07) is 13.3. The van der Waals surface area contributed by atoms with E-state index in [2.05, 4.69) is 5.32 Å². The minimum Gasteiger partial charge on any atom is -0.370 e. The highest BCUT2D eigenvalue weighted by molar-refractivity contribution is 6.35. The summed E-state index contributed by atoms with van der Waals surface area (Å²) in [5.74, 6) is 0.997. The van der Waals surface area contributed by atoms with Gasteiger partial charge in [-0.2, -0.15) is 5.10 Å². The first-order valence-electron chi connectivity index (χ1n) is 8.20. The number of hydrogen-bond donors (Lipinski definition) is 1. The molecule has 4 rings (SSSR count). The molecule has 1 aliphatic heterocycles. The lowest BCUT2D eigenvalue weighted by molar-refractivity contribution is 0.780. The van der Waals surface area contributed by atoms with E-state index in [0.717, 1.165) is 48.6 Å². The largest absolute Gasteiger partial charge is 0.370 e. The molecule has 0 amide bonds. The smallest absolute Gasteiger partial charge is 0.133 e. The van der Waals surface area contributed by atoms with Crippen LogP contribution >= 0.6 is 34.8 Å². The number of benzene rings is 2. The molecule has 0 unspecified atom stereocenters. The van der Waals surface area contributed by atoms with Crippen molar-refractivity contribution >= 4 is 40.6 Å². The van der Waals surface area contributed by atoms with Crippen molar-refractivity contribution < 1.29 is 0 Å². The molecule has 0 saturated carbocycles. The molecule has 1 N–H and O–H groups in total. The molecule has 0 fully saturated rings. The van der Waals surface area contributed by atoms with Gasteiger partial charge in [0.15, 0.2) is 0 Å². The van der Waals surface area contributed by atoms with Crippen LogP contribution in [-0.4, -0.2) is 16.3 Å². The van der Waals surface area contributed by atoms with E-state index >= 15 is 0 Å². The Kier molecular flexibility index (Phi) is 4.63. The fourth-order valence-electron chi connectivity index (χ4n) is 3.20. The molecule has 0 spiro atoms. The minimum atomic E-state index is 0.571. The quantitative estimate of drug-likeness (QED) is 0.559. The number of rotatable bonds is 2. The van der Waals surface area contributed by atoms with E-state index in [0.29, 0.717) is 15.1 Å². The second-order valence-corrected chi connectivity index (χ2v) is 7.36. The van der Waals surface area contributed by atoms with E-state index in [1.54, 1.807) is 6.07 Å². The van der Waals surface area contributed by atoms with Gasteiger partial charge in [0.25, 0.3) is 0 Å². The van der Waals surface area contributed by atoms with Gasteiger partial charge in [0.1, 0.15) is 5.82 Å². The van der Waals surface area contributed by atoms with Crippen molar-refractivity contribution in [1.29, 1.82) is 0 Å². The predicted molar refractivity (Wildman–Crippen MR) is 105 cm³/mol. The summed E-state index contributed by atoms with van der Waals surface area (Å²) in [7, 11) is 0. The van der Waals surface area contributed by atoms with Crippen LogP contribution in [0.15, 0.2) is 42.5 Å². The Bertz CT molecular complexity index is 934. The number of fused-ring (bicyclic) bond motifs is 1. The van der Waals surface area contributed by atoms with Gasteiger partial charge in [-0.25, -0.2) is 4.68 Å². The normalized spacial score (nSPS) is 13.9. The Morgan fingerprint density at radius 2 is 1.80 bits per heavy atom. The van der Waals surface area contributed by atoms with E-state index in [4.69, 9.17) is 39.9 Å². The summed E-state index contributed by atoms with van der Waals surface area (Å²) in [4.78, 5) is 0. The third-order valence-corrected chi connectivity index (χ3v) is 5.14. The highest BCUT2D eigenvalue weighted by atomic mass is 35.5. The number of aromatic nitrogens is 2. The van der Waals surface area contributed by atoms with Crippen molar-refractivity contribution in [1.82, 2.24) is 9.78 Å². The molecule has 0 bridgehead atoms. The molecule has 128 valence electrons. The topological polar surface area (TPSA) is 29.9 Å². The predicted octanol–water partition coefficient (Wildman–Crippen LogP) is 6.25. The fourth-order valence-corrected chi connectivity index (χ4v) is 3.88. The van der Waals surface area contributed by atoms with Crippen LogP contribution in [0.4, 0.5) is 5.82 Å². The maximum atomic E-state index is 6.43. The maximum Gasteiger partial charge on any atom is 0.133 e. The van der Waals surface area contributed by atoms with Gasteiger partial charge in [-0.1, -0.05) is 46.9 Å². The van der Waals surface area contributed by atoms with E-state index in [-0.39, 0.29) is 0 Å². The second-order valence-electron chi connectivity index (χ2n) is 6.08. The molecule has 0 radical (unpaired) electrons. The van der Waals surface area contributed by atoms with Gasteiger partial charge in [-0.3, -0.25) is 0 Å². The maximum absolute atomic E-state index is 6.43. The standard InChI is InChI=1S/C19H16Cl3N3/c20-13-5-3-4-12(10-13)18-15-6-1-2-9-23-19(15)25(24-18)17-8-7-14(21)11-16(17)22/h3-5,7-8,10-11,23H,1-2,6,9H2.